The molecule has 1 unspecified atom stereocenters. The Kier molecular flexibility index (Phi) is 8.33. The molecule has 2 aliphatic heterocycles. The Labute approximate surface area is 221 Å². The van der Waals surface area contributed by atoms with E-state index in [1.807, 2.05) is 23.5 Å². The molecular weight excluding hydrogens is 600 g/mol. The number of hydrogen-bond donors (Lipinski definition) is 1. The van der Waals surface area contributed by atoms with Crippen LogP contribution in [-0.4, -0.2) is 46.2 Å². The summed E-state index contributed by atoms with van der Waals surface area (Å²) in [5.41, 5.74) is 3.86. The first kappa shape index (κ1) is 26.0. The number of fused-ring (bicyclic) bond motifs is 2. The molecule has 3 heterocycles. The second-order valence-corrected chi connectivity index (χ2v) is 15.9. The van der Waals surface area contributed by atoms with Crippen molar-refractivity contribution in [2.24, 2.45) is 0 Å². The summed E-state index contributed by atoms with van der Waals surface area (Å²) in [5.74, 6) is -0.230. The fraction of sp³-hybridized carbons (Fsp3) is 0.400. The van der Waals surface area contributed by atoms with E-state index < -0.39 is 10.1 Å². The summed E-state index contributed by atoms with van der Waals surface area (Å²) in [6.07, 6.45) is 8.25. The standard InChI is InChI=1S/C25H30N2O3S3Te/c1-5-19(15-23-26(6-2)25-22(32-23)14-17(3)18(4)34-25)16-24-27(12-9-13-33(28,29)30)20-10-7-8-11-21(20)31-24/h7-8,10-11,14-16,18H,5-6,9,12-13H2,1-4H3/p+1. The molecule has 0 saturated carbocycles. The molecule has 0 amide bonds. The summed E-state index contributed by atoms with van der Waals surface area (Å²) in [7, 11) is -3.96. The third-order valence-electron chi connectivity index (χ3n) is 5.99. The summed E-state index contributed by atoms with van der Waals surface area (Å²) < 4.78 is 36.5. The maximum atomic E-state index is 11.2. The number of anilines is 1. The molecule has 1 atom stereocenters. The second kappa shape index (κ2) is 10.9. The van der Waals surface area contributed by atoms with Crippen molar-refractivity contribution in [3.63, 3.8) is 0 Å². The molecule has 5 nitrogen and oxygen atoms in total. The van der Waals surface area contributed by atoms with Gasteiger partial charge in [-0.1, -0.05) is 0 Å². The van der Waals surface area contributed by atoms with Crippen molar-refractivity contribution in [1.29, 1.82) is 0 Å². The molecule has 4 rings (SSSR count). The van der Waals surface area contributed by atoms with Gasteiger partial charge in [0.2, 0.25) is 0 Å². The smallest absolute Gasteiger partial charge is 0.286 e. The van der Waals surface area contributed by atoms with E-state index in [0.29, 0.717) is 16.9 Å². The van der Waals surface area contributed by atoms with Gasteiger partial charge in [-0.25, -0.2) is 0 Å². The SMILES string of the molecule is CCC(=Cc1sc2c([n+]1CC)[Te]C(C)C(C)=C2)C=C1Sc2ccccc2N1CCCS(=O)(=O)O. The number of benzene rings is 1. The molecule has 0 bridgehead atoms. The summed E-state index contributed by atoms with van der Waals surface area (Å²) in [6.45, 7) is 10.6. The Morgan fingerprint density at radius 2 is 2.06 bits per heavy atom. The zero-order valence-corrected chi connectivity index (χ0v) is 24.7. The van der Waals surface area contributed by atoms with Crippen molar-refractivity contribution in [2.45, 2.75) is 55.9 Å². The average molecular weight is 631 g/mol. The average Bonchev–Trinajstić information content (AvgIpc) is 3.29. The predicted molar refractivity (Wildman–Crippen MR) is 146 cm³/mol. The van der Waals surface area contributed by atoms with Crippen molar-refractivity contribution in [2.75, 3.05) is 17.2 Å². The van der Waals surface area contributed by atoms with Crippen molar-refractivity contribution < 1.29 is 17.5 Å². The van der Waals surface area contributed by atoms with E-state index in [1.54, 1.807) is 15.5 Å². The van der Waals surface area contributed by atoms with E-state index in [2.05, 4.69) is 67.5 Å². The van der Waals surface area contributed by atoms with Gasteiger partial charge in [-0.2, -0.15) is 8.42 Å². The molecule has 0 aliphatic carbocycles. The van der Waals surface area contributed by atoms with Crippen LogP contribution in [-0.2, 0) is 16.7 Å². The van der Waals surface area contributed by atoms with Crippen molar-refractivity contribution >= 4 is 75.7 Å². The van der Waals surface area contributed by atoms with Gasteiger partial charge in [-0.05, 0) is 0 Å². The van der Waals surface area contributed by atoms with Crippen LogP contribution in [0.1, 0.15) is 50.4 Å². The van der Waals surface area contributed by atoms with E-state index in [-0.39, 0.29) is 26.7 Å². The van der Waals surface area contributed by atoms with Crippen LogP contribution in [0.3, 0.4) is 0 Å². The predicted octanol–water partition coefficient (Wildman–Crippen LogP) is 5.14. The molecule has 9 heteroatoms. The number of nitrogens with zero attached hydrogens (tertiary/aromatic N) is 2. The summed E-state index contributed by atoms with van der Waals surface area (Å²) in [6, 6.07) is 8.21. The van der Waals surface area contributed by atoms with Gasteiger partial charge < -0.3 is 0 Å². The maximum absolute atomic E-state index is 11.2. The van der Waals surface area contributed by atoms with Crippen LogP contribution in [0.4, 0.5) is 5.69 Å². The number of rotatable bonds is 8. The van der Waals surface area contributed by atoms with Gasteiger partial charge in [-0.3, -0.25) is 4.55 Å². The summed E-state index contributed by atoms with van der Waals surface area (Å²) in [4.78, 5) is 4.79. The second-order valence-electron chi connectivity index (χ2n) is 8.42. The van der Waals surface area contributed by atoms with Crippen LogP contribution in [0, 0.1) is 0 Å². The van der Waals surface area contributed by atoms with E-state index >= 15 is 0 Å². The van der Waals surface area contributed by atoms with Crippen LogP contribution in [0.25, 0.3) is 12.2 Å². The van der Waals surface area contributed by atoms with Crippen LogP contribution in [0.5, 0.6) is 0 Å². The van der Waals surface area contributed by atoms with E-state index in [4.69, 9.17) is 0 Å². The number of thiazole rings is 1. The number of para-hydroxylation sites is 1. The van der Waals surface area contributed by atoms with E-state index in [1.165, 1.54) is 25.9 Å². The zero-order chi connectivity index (χ0) is 24.5. The van der Waals surface area contributed by atoms with Gasteiger partial charge in [0.05, 0.1) is 0 Å². The normalized spacial score (nSPS) is 19.4. The molecule has 0 fully saturated rings. The fourth-order valence-corrected chi connectivity index (χ4v) is 10.9. The molecule has 1 aromatic carbocycles. The first-order valence-electron chi connectivity index (χ1n) is 11.5. The molecule has 1 N–H and O–H groups in total. The van der Waals surface area contributed by atoms with Gasteiger partial charge in [0.15, 0.2) is 0 Å². The Balaban J connectivity index is 1.67. The minimum atomic E-state index is -3.96. The third kappa shape index (κ3) is 5.83. The number of aromatic nitrogens is 1. The molecular formula is C25H31N2O3S3Te+. The quantitative estimate of drug-likeness (QED) is 0.249. The van der Waals surface area contributed by atoms with Gasteiger partial charge in [0.25, 0.3) is 0 Å². The van der Waals surface area contributed by atoms with Crippen molar-refractivity contribution in [1.82, 2.24) is 0 Å². The van der Waals surface area contributed by atoms with Gasteiger partial charge in [0.1, 0.15) is 0 Å². The van der Waals surface area contributed by atoms with Crippen molar-refractivity contribution in [3.05, 3.63) is 56.4 Å². The van der Waals surface area contributed by atoms with E-state index in [0.717, 1.165) is 23.7 Å². The molecule has 0 radical (unpaired) electrons. The summed E-state index contributed by atoms with van der Waals surface area (Å²) >= 11 is 3.38. The Morgan fingerprint density at radius 3 is 2.76 bits per heavy atom. The molecule has 1 aromatic heterocycles. The zero-order valence-electron chi connectivity index (χ0n) is 19.9. The van der Waals surface area contributed by atoms with Gasteiger partial charge >= 0.3 is 210 Å². The molecule has 0 saturated heterocycles. The van der Waals surface area contributed by atoms with Gasteiger partial charge in [0, 0.05) is 0 Å². The summed E-state index contributed by atoms with van der Waals surface area (Å²) in [5, 5.41) is 2.41. The molecule has 0 spiro atoms. The minimum absolute atomic E-state index is 0.230. The minimum Gasteiger partial charge on any atom is -0.286 e. The molecule has 34 heavy (non-hydrogen) atoms. The molecule has 2 aromatic rings. The third-order valence-corrected chi connectivity index (χ3v) is 13.4. The Morgan fingerprint density at radius 1 is 1.29 bits per heavy atom. The molecule has 2 aliphatic rings. The number of allylic oxidation sites excluding steroid dienone is 3. The first-order valence-corrected chi connectivity index (χ1v) is 17.3. The topological polar surface area (TPSA) is 61.5 Å². The Bertz CT molecular complexity index is 1280. The van der Waals surface area contributed by atoms with Crippen LogP contribution in [0.2, 0.25) is 3.97 Å². The van der Waals surface area contributed by atoms with E-state index in [9.17, 15) is 13.0 Å². The van der Waals surface area contributed by atoms with Crippen molar-refractivity contribution in [3.8, 4) is 0 Å². The number of hydrogen-bond acceptors (Lipinski definition) is 5. The van der Waals surface area contributed by atoms with Crippen LogP contribution >= 0.6 is 23.1 Å². The van der Waals surface area contributed by atoms with Crippen LogP contribution in [0.15, 0.2) is 51.4 Å². The van der Waals surface area contributed by atoms with Gasteiger partial charge in [-0.15, -0.1) is 0 Å². The first-order chi connectivity index (χ1) is 16.2. The monoisotopic (exact) mass is 633 g/mol. The van der Waals surface area contributed by atoms with Crippen LogP contribution < -0.4 is 13.2 Å². The fourth-order valence-electron chi connectivity index (χ4n) is 4.01. The number of thioether (sulfide) groups is 1. The Hall–Kier alpha value is -1.08. The molecule has 182 valence electrons.